The molecule has 2 unspecified atom stereocenters. The van der Waals surface area contributed by atoms with Crippen LogP contribution in [-0.2, 0) is 13.6 Å². The SMILES string of the molecule is CC1CCCC(CO)(NCc2ncc(Cl)n2C)C1. The van der Waals surface area contributed by atoms with Crippen LogP contribution in [0.2, 0.25) is 5.15 Å². The maximum Gasteiger partial charge on any atom is 0.128 e. The summed E-state index contributed by atoms with van der Waals surface area (Å²) in [4.78, 5) is 4.27. The highest BCUT2D eigenvalue weighted by atomic mass is 35.5. The predicted octanol–water partition coefficient (Wildman–Crippen LogP) is 2.10. The van der Waals surface area contributed by atoms with Gasteiger partial charge in [0, 0.05) is 12.6 Å². The molecule has 102 valence electrons. The summed E-state index contributed by atoms with van der Waals surface area (Å²) in [6.07, 6.45) is 6.16. The van der Waals surface area contributed by atoms with E-state index in [1.165, 1.54) is 12.8 Å². The van der Waals surface area contributed by atoms with Gasteiger partial charge in [0.25, 0.3) is 0 Å². The van der Waals surface area contributed by atoms with E-state index in [2.05, 4.69) is 17.2 Å². The second-order valence-corrected chi connectivity index (χ2v) is 5.94. The van der Waals surface area contributed by atoms with E-state index < -0.39 is 0 Å². The number of nitrogens with one attached hydrogen (secondary N) is 1. The normalized spacial score (nSPS) is 28.6. The van der Waals surface area contributed by atoms with Gasteiger partial charge >= 0.3 is 0 Å². The summed E-state index contributed by atoms with van der Waals surface area (Å²) in [5, 5.41) is 13.8. The fourth-order valence-electron chi connectivity index (χ4n) is 2.88. The Kier molecular flexibility index (Phi) is 4.30. The van der Waals surface area contributed by atoms with Gasteiger partial charge < -0.3 is 15.0 Å². The average molecular weight is 272 g/mol. The van der Waals surface area contributed by atoms with Crippen LogP contribution in [0.25, 0.3) is 0 Å². The topological polar surface area (TPSA) is 50.1 Å². The Hall–Kier alpha value is -0.580. The summed E-state index contributed by atoms with van der Waals surface area (Å²) >= 11 is 5.97. The molecule has 1 saturated carbocycles. The summed E-state index contributed by atoms with van der Waals surface area (Å²) in [6, 6.07) is 0. The van der Waals surface area contributed by atoms with Gasteiger partial charge in [-0.15, -0.1) is 0 Å². The van der Waals surface area contributed by atoms with E-state index >= 15 is 0 Å². The molecule has 0 saturated heterocycles. The van der Waals surface area contributed by atoms with Gasteiger partial charge in [0.1, 0.15) is 11.0 Å². The quantitative estimate of drug-likeness (QED) is 0.882. The summed E-state index contributed by atoms with van der Waals surface area (Å²) < 4.78 is 1.87. The molecule has 0 amide bonds. The minimum atomic E-state index is -0.143. The van der Waals surface area contributed by atoms with E-state index in [1.54, 1.807) is 6.20 Å². The Bertz CT molecular complexity index is 407. The second-order valence-electron chi connectivity index (χ2n) is 5.55. The maximum absolute atomic E-state index is 9.70. The number of halogens is 1. The van der Waals surface area contributed by atoms with Crippen molar-refractivity contribution in [2.75, 3.05) is 6.61 Å². The number of hydrogen-bond acceptors (Lipinski definition) is 3. The minimum Gasteiger partial charge on any atom is -0.394 e. The van der Waals surface area contributed by atoms with E-state index in [1.807, 2.05) is 11.6 Å². The molecule has 0 aliphatic heterocycles. The van der Waals surface area contributed by atoms with Crippen LogP contribution in [0, 0.1) is 5.92 Å². The first kappa shape index (κ1) is 13.8. The highest BCUT2D eigenvalue weighted by Gasteiger charge is 2.34. The molecule has 4 nitrogen and oxygen atoms in total. The first-order valence-corrected chi connectivity index (χ1v) is 6.96. The lowest BCUT2D eigenvalue weighted by Gasteiger charge is -2.39. The van der Waals surface area contributed by atoms with Gasteiger partial charge in [-0.2, -0.15) is 0 Å². The molecule has 1 aliphatic carbocycles. The number of imidazole rings is 1. The molecule has 2 rings (SSSR count). The first-order chi connectivity index (χ1) is 8.56. The molecule has 0 aromatic carbocycles. The second kappa shape index (κ2) is 5.59. The van der Waals surface area contributed by atoms with Crippen molar-refractivity contribution in [1.82, 2.24) is 14.9 Å². The van der Waals surface area contributed by atoms with Crippen molar-refractivity contribution >= 4 is 11.6 Å². The highest BCUT2D eigenvalue weighted by molar-refractivity contribution is 6.29. The third-order valence-corrected chi connectivity index (χ3v) is 4.39. The molecule has 1 fully saturated rings. The molecule has 0 radical (unpaired) electrons. The Morgan fingerprint density at radius 2 is 2.44 bits per heavy atom. The number of aliphatic hydroxyl groups excluding tert-OH is 1. The van der Waals surface area contributed by atoms with E-state index in [-0.39, 0.29) is 12.1 Å². The van der Waals surface area contributed by atoms with E-state index in [9.17, 15) is 5.11 Å². The third-order valence-electron chi connectivity index (χ3n) is 4.04. The van der Waals surface area contributed by atoms with Crippen LogP contribution in [0.15, 0.2) is 6.20 Å². The van der Waals surface area contributed by atoms with Crippen molar-refractivity contribution in [2.45, 2.75) is 44.7 Å². The van der Waals surface area contributed by atoms with Crippen molar-refractivity contribution < 1.29 is 5.11 Å². The Balaban J connectivity index is 2.00. The van der Waals surface area contributed by atoms with Crippen molar-refractivity contribution in [2.24, 2.45) is 13.0 Å². The van der Waals surface area contributed by atoms with Gasteiger partial charge in [-0.05, 0) is 18.8 Å². The molecule has 18 heavy (non-hydrogen) atoms. The molecule has 0 bridgehead atoms. The fourth-order valence-corrected chi connectivity index (χ4v) is 3.02. The van der Waals surface area contributed by atoms with Gasteiger partial charge in [0.15, 0.2) is 0 Å². The van der Waals surface area contributed by atoms with Gasteiger partial charge in [-0.1, -0.05) is 31.4 Å². The zero-order valence-electron chi connectivity index (χ0n) is 11.1. The summed E-state index contributed by atoms with van der Waals surface area (Å²) in [5.41, 5.74) is -0.143. The number of nitrogens with zero attached hydrogens (tertiary/aromatic N) is 2. The molecular formula is C13H22ClN3O. The zero-order chi connectivity index (χ0) is 13.2. The van der Waals surface area contributed by atoms with E-state index in [0.717, 1.165) is 18.7 Å². The predicted molar refractivity (Wildman–Crippen MR) is 72.5 cm³/mol. The van der Waals surface area contributed by atoms with Gasteiger partial charge in [-0.25, -0.2) is 4.98 Å². The molecule has 0 spiro atoms. The molecule has 1 aromatic heterocycles. The van der Waals surface area contributed by atoms with Crippen LogP contribution < -0.4 is 5.32 Å². The summed E-state index contributed by atoms with van der Waals surface area (Å²) in [5.74, 6) is 1.58. The Labute approximate surface area is 113 Å². The van der Waals surface area contributed by atoms with Gasteiger partial charge in [-0.3, -0.25) is 0 Å². The molecular weight excluding hydrogens is 250 g/mol. The lowest BCUT2D eigenvalue weighted by atomic mass is 9.77. The molecule has 2 N–H and O–H groups in total. The Morgan fingerprint density at radius 3 is 3.00 bits per heavy atom. The van der Waals surface area contributed by atoms with Crippen LogP contribution in [0.3, 0.4) is 0 Å². The third kappa shape index (κ3) is 2.87. The van der Waals surface area contributed by atoms with E-state index in [4.69, 9.17) is 11.6 Å². The zero-order valence-corrected chi connectivity index (χ0v) is 11.9. The smallest absolute Gasteiger partial charge is 0.128 e. The molecule has 1 heterocycles. The number of rotatable bonds is 4. The van der Waals surface area contributed by atoms with Crippen molar-refractivity contribution in [3.8, 4) is 0 Å². The van der Waals surface area contributed by atoms with Crippen molar-refractivity contribution in [1.29, 1.82) is 0 Å². The number of hydrogen-bond donors (Lipinski definition) is 2. The van der Waals surface area contributed by atoms with E-state index in [0.29, 0.717) is 17.6 Å². The average Bonchev–Trinajstić information content (AvgIpc) is 2.68. The number of aromatic nitrogens is 2. The van der Waals surface area contributed by atoms with Crippen LogP contribution in [-0.4, -0.2) is 26.8 Å². The molecule has 1 aromatic rings. The maximum atomic E-state index is 9.70. The van der Waals surface area contributed by atoms with Gasteiger partial charge in [0.2, 0.25) is 0 Å². The minimum absolute atomic E-state index is 0.143. The van der Waals surface area contributed by atoms with Crippen LogP contribution >= 0.6 is 11.6 Å². The fraction of sp³-hybridized carbons (Fsp3) is 0.769. The van der Waals surface area contributed by atoms with Gasteiger partial charge in [0.05, 0.1) is 19.3 Å². The molecule has 5 heteroatoms. The summed E-state index contributed by atoms with van der Waals surface area (Å²) in [7, 11) is 1.90. The largest absolute Gasteiger partial charge is 0.394 e. The number of aliphatic hydroxyl groups is 1. The van der Waals surface area contributed by atoms with Crippen molar-refractivity contribution in [3.05, 3.63) is 17.2 Å². The standard InChI is InChI=1S/C13H22ClN3O/c1-10-4-3-5-13(6-10,9-18)16-8-12-15-7-11(14)17(12)2/h7,10,16,18H,3-6,8-9H2,1-2H3. The van der Waals surface area contributed by atoms with Crippen LogP contribution in [0.1, 0.15) is 38.4 Å². The monoisotopic (exact) mass is 271 g/mol. The molecule has 1 aliphatic rings. The molecule has 2 atom stereocenters. The van der Waals surface area contributed by atoms with Crippen LogP contribution in [0.5, 0.6) is 0 Å². The lowest BCUT2D eigenvalue weighted by Crippen LogP contribution is -2.51. The first-order valence-electron chi connectivity index (χ1n) is 6.58. The highest BCUT2D eigenvalue weighted by Crippen LogP contribution is 2.32. The summed E-state index contributed by atoms with van der Waals surface area (Å²) in [6.45, 7) is 3.09. The van der Waals surface area contributed by atoms with Crippen molar-refractivity contribution in [3.63, 3.8) is 0 Å². The Morgan fingerprint density at radius 1 is 1.67 bits per heavy atom. The lowest BCUT2D eigenvalue weighted by molar-refractivity contribution is 0.0973. The van der Waals surface area contributed by atoms with Crippen LogP contribution in [0.4, 0.5) is 0 Å².